The summed E-state index contributed by atoms with van der Waals surface area (Å²) in [4.78, 5) is 14.9. The molecule has 1 aromatic carbocycles. The fraction of sp³-hybridized carbons (Fsp3) is 0.571. The quantitative estimate of drug-likeness (QED) is 0.925. The van der Waals surface area contributed by atoms with Gasteiger partial charge in [-0.05, 0) is 55.4 Å². The molecule has 0 saturated carbocycles. The van der Waals surface area contributed by atoms with E-state index in [9.17, 15) is 4.79 Å². The number of carbonyl (C=O) groups is 1. The van der Waals surface area contributed by atoms with Gasteiger partial charge in [-0.1, -0.05) is 13.8 Å². The van der Waals surface area contributed by atoms with E-state index >= 15 is 0 Å². The minimum atomic E-state index is 0.226. The lowest BCUT2D eigenvalue weighted by atomic mass is 9.95. The molecule has 2 aliphatic heterocycles. The maximum atomic E-state index is 12.9. The van der Waals surface area contributed by atoms with Crippen molar-refractivity contribution in [1.82, 2.24) is 10.2 Å². The van der Waals surface area contributed by atoms with Crippen LogP contribution in [0.2, 0.25) is 0 Å². The first kappa shape index (κ1) is 16.6. The van der Waals surface area contributed by atoms with Gasteiger partial charge in [-0.25, -0.2) is 0 Å². The Kier molecular flexibility index (Phi) is 4.32. The summed E-state index contributed by atoms with van der Waals surface area (Å²) in [6, 6.07) is 5.41. The molecule has 25 heavy (non-hydrogen) atoms. The molecule has 2 unspecified atom stereocenters. The number of fused-ring (bicyclic) bond motifs is 3. The lowest BCUT2D eigenvalue weighted by molar-refractivity contribution is -0.130. The summed E-state index contributed by atoms with van der Waals surface area (Å²) in [5.41, 5.74) is 4.49. The van der Waals surface area contributed by atoms with Crippen LogP contribution in [0.25, 0.3) is 11.0 Å². The Morgan fingerprint density at radius 3 is 2.88 bits per heavy atom. The van der Waals surface area contributed by atoms with Crippen LogP contribution < -0.4 is 5.32 Å². The summed E-state index contributed by atoms with van der Waals surface area (Å²) in [6.45, 7) is 8.26. The molecule has 2 atom stereocenters. The largest absolute Gasteiger partial charge is 0.464 e. The van der Waals surface area contributed by atoms with Crippen molar-refractivity contribution in [3.63, 3.8) is 0 Å². The second-order valence-corrected chi connectivity index (χ2v) is 8.06. The van der Waals surface area contributed by atoms with E-state index in [4.69, 9.17) is 4.42 Å². The summed E-state index contributed by atoms with van der Waals surface area (Å²) in [5.74, 6) is 0.693. The highest BCUT2D eigenvalue weighted by atomic mass is 16.3. The van der Waals surface area contributed by atoms with E-state index in [-0.39, 0.29) is 5.91 Å². The zero-order valence-electron chi connectivity index (χ0n) is 15.5. The normalized spacial score (nSPS) is 23.4. The third-order valence-electron chi connectivity index (χ3n) is 5.88. The summed E-state index contributed by atoms with van der Waals surface area (Å²) in [5, 5.41) is 4.73. The second kappa shape index (κ2) is 6.49. The average molecular weight is 340 g/mol. The van der Waals surface area contributed by atoms with Crippen LogP contribution >= 0.6 is 0 Å². The zero-order chi connectivity index (χ0) is 17.6. The van der Waals surface area contributed by atoms with Gasteiger partial charge in [-0.2, -0.15) is 0 Å². The van der Waals surface area contributed by atoms with Crippen LogP contribution in [-0.4, -0.2) is 36.0 Å². The number of hydrogen-bond acceptors (Lipinski definition) is 3. The van der Waals surface area contributed by atoms with Crippen LogP contribution in [0.1, 0.15) is 55.7 Å². The van der Waals surface area contributed by atoms with Crippen molar-refractivity contribution in [2.75, 3.05) is 13.1 Å². The van der Waals surface area contributed by atoms with Gasteiger partial charge < -0.3 is 14.6 Å². The van der Waals surface area contributed by atoms with Crippen molar-refractivity contribution in [2.24, 2.45) is 0 Å². The van der Waals surface area contributed by atoms with Crippen LogP contribution in [0.5, 0.6) is 0 Å². The molecule has 4 rings (SSSR count). The molecule has 2 fully saturated rings. The van der Waals surface area contributed by atoms with Gasteiger partial charge in [0.05, 0.1) is 12.7 Å². The van der Waals surface area contributed by atoms with Gasteiger partial charge in [0.1, 0.15) is 5.58 Å². The van der Waals surface area contributed by atoms with Crippen LogP contribution in [-0.2, 0) is 11.2 Å². The second-order valence-electron chi connectivity index (χ2n) is 8.06. The molecule has 2 saturated heterocycles. The average Bonchev–Trinajstić information content (AvgIpc) is 3.09. The molecular formula is C21H28N2O2. The smallest absolute Gasteiger partial charge is 0.227 e. The maximum Gasteiger partial charge on any atom is 0.227 e. The Morgan fingerprint density at radius 1 is 1.28 bits per heavy atom. The highest BCUT2D eigenvalue weighted by Crippen LogP contribution is 2.29. The topological polar surface area (TPSA) is 45.5 Å². The number of benzene rings is 1. The SMILES string of the molecule is Cc1cc2occ(CC(=O)N3CCC4CCC(C3)N4)c2cc1C(C)C. The predicted octanol–water partition coefficient (Wildman–Crippen LogP) is 3.76. The number of hydrogen-bond donors (Lipinski definition) is 1. The Labute approximate surface area is 149 Å². The molecule has 0 radical (unpaired) electrons. The molecule has 3 heterocycles. The summed E-state index contributed by atoms with van der Waals surface area (Å²) < 4.78 is 5.74. The van der Waals surface area contributed by atoms with Gasteiger partial charge in [-0.15, -0.1) is 0 Å². The number of carbonyl (C=O) groups excluding carboxylic acids is 1. The number of aryl methyl sites for hydroxylation is 1. The molecule has 1 aromatic heterocycles. The lowest BCUT2D eigenvalue weighted by Gasteiger charge is -2.24. The van der Waals surface area contributed by atoms with Gasteiger partial charge in [0.2, 0.25) is 5.91 Å². The Morgan fingerprint density at radius 2 is 2.08 bits per heavy atom. The Bertz CT molecular complexity index is 793. The van der Waals surface area contributed by atoms with E-state index in [1.807, 2.05) is 4.90 Å². The fourth-order valence-corrected chi connectivity index (χ4v) is 4.45. The van der Waals surface area contributed by atoms with E-state index in [2.05, 4.69) is 38.2 Å². The monoisotopic (exact) mass is 340 g/mol. The third-order valence-corrected chi connectivity index (χ3v) is 5.88. The molecule has 0 aliphatic carbocycles. The first-order valence-corrected chi connectivity index (χ1v) is 9.55. The zero-order valence-corrected chi connectivity index (χ0v) is 15.5. The van der Waals surface area contributed by atoms with Gasteiger partial charge in [0.25, 0.3) is 0 Å². The van der Waals surface area contributed by atoms with Crippen LogP contribution in [0.3, 0.4) is 0 Å². The van der Waals surface area contributed by atoms with Gasteiger partial charge in [-0.3, -0.25) is 4.79 Å². The molecule has 2 aromatic rings. The standard InChI is InChI=1S/C21H28N2O2/c1-13(2)18-10-19-15(12-25-20(19)8-14(18)3)9-21(24)23-7-6-16-4-5-17(11-23)22-16/h8,10,12-13,16-17,22H,4-7,9,11H2,1-3H3. The van der Waals surface area contributed by atoms with Crippen molar-refractivity contribution in [3.8, 4) is 0 Å². The van der Waals surface area contributed by atoms with E-state index in [0.29, 0.717) is 24.4 Å². The van der Waals surface area contributed by atoms with Crippen molar-refractivity contribution in [3.05, 3.63) is 35.1 Å². The summed E-state index contributed by atoms with van der Waals surface area (Å²) in [6.07, 6.45) is 5.74. The van der Waals surface area contributed by atoms with Crippen LogP contribution in [0, 0.1) is 6.92 Å². The molecule has 2 aliphatic rings. The number of rotatable bonds is 3. The Hall–Kier alpha value is -1.81. The van der Waals surface area contributed by atoms with Gasteiger partial charge in [0, 0.05) is 36.1 Å². The first-order chi connectivity index (χ1) is 12.0. The van der Waals surface area contributed by atoms with Crippen LogP contribution in [0.4, 0.5) is 0 Å². The van der Waals surface area contributed by atoms with Crippen LogP contribution in [0.15, 0.2) is 22.8 Å². The highest BCUT2D eigenvalue weighted by Gasteiger charge is 2.31. The number of nitrogens with one attached hydrogen (secondary N) is 1. The van der Waals surface area contributed by atoms with E-state index in [1.54, 1.807) is 6.26 Å². The minimum absolute atomic E-state index is 0.226. The number of furan rings is 1. The van der Waals surface area contributed by atoms with Gasteiger partial charge >= 0.3 is 0 Å². The summed E-state index contributed by atoms with van der Waals surface area (Å²) in [7, 11) is 0. The molecule has 0 spiro atoms. The van der Waals surface area contributed by atoms with E-state index in [0.717, 1.165) is 36.0 Å². The maximum absolute atomic E-state index is 12.9. The Balaban J connectivity index is 1.55. The molecule has 1 N–H and O–H groups in total. The molecule has 1 amide bonds. The number of nitrogens with zero attached hydrogens (tertiary/aromatic N) is 1. The number of amides is 1. The fourth-order valence-electron chi connectivity index (χ4n) is 4.45. The summed E-state index contributed by atoms with van der Waals surface area (Å²) >= 11 is 0. The predicted molar refractivity (Wildman–Crippen MR) is 99.9 cm³/mol. The molecular weight excluding hydrogens is 312 g/mol. The first-order valence-electron chi connectivity index (χ1n) is 9.55. The molecule has 134 valence electrons. The molecule has 4 nitrogen and oxygen atoms in total. The van der Waals surface area contributed by atoms with Gasteiger partial charge in [0.15, 0.2) is 0 Å². The van der Waals surface area contributed by atoms with E-state index < -0.39 is 0 Å². The number of likely N-dealkylation sites (tertiary alicyclic amines) is 1. The van der Waals surface area contributed by atoms with Crippen molar-refractivity contribution >= 4 is 16.9 Å². The molecule has 2 bridgehead atoms. The minimum Gasteiger partial charge on any atom is -0.464 e. The van der Waals surface area contributed by atoms with Crippen molar-refractivity contribution in [1.29, 1.82) is 0 Å². The van der Waals surface area contributed by atoms with E-state index in [1.165, 1.54) is 24.0 Å². The van der Waals surface area contributed by atoms with Crippen molar-refractivity contribution in [2.45, 2.75) is 64.5 Å². The van der Waals surface area contributed by atoms with Crippen molar-refractivity contribution < 1.29 is 9.21 Å². The third kappa shape index (κ3) is 3.20. The highest BCUT2D eigenvalue weighted by molar-refractivity contribution is 5.88. The lowest BCUT2D eigenvalue weighted by Crippen LogP contribution is -2.39. The molecule has 4 heteroatoms.